The molecule has 0 saturated carbocycles. The maximum atomic E-state index is 12.2. The van der Waals surface area contributed by atoms with Gasteiger partial charge in [0.25, 0.3) is 5.69 Å². The highest BCUT2D eigenvalue weighted by atomic mass is 32.1. The molecule has 0 aliphatic carbocycles. The number of carbonyl (C=O) groups is 1. The lowest BCUT2D eigenvalue weighted by molar-refractivity contribution is -0.384. The number of non-ortho nitro benzene ring substituents is 1. The number of aliphatic hydroxyl groups excluding tert-OH is 1. The summed E-state index contributed by atoms with van der Waals surface area (Å²) in [5.74, 6) is 0. The zero-order valence-electron chi connectivity index (χ0n) is 12.6. The van der Waals surface area contributed by atoms with Gasteiger partial charge in [0.15, 0.2) is 0 Å². The van der Waals surface area contributed by atoms with Gasteiger partial charge in [-0.2, -0.15) is 12.6 Å². The Hall–Kier alpha value is -1.80. The predicted octanol–water partition coefficient (Wildman–Crippen LogP) is 2.38. The van der Waals surface area contributed by atoms with Gasteiger partial charge < -0.3 is 14.7 Å². The molecule has 1 heterocycles. The largest absolute Gasteiger partial charge is 0.445 e. The number of nitro benzene ring substituents is 1. The van der Waals surface area contributed by atoms with Crippen LogP contribution in [0, 0.1) is 10.1 Å². The molecule has 1 aliphatic heterocycles. The maximum absolute atomic E-state index is 12.2. The van der Waals surface area contributed by atoms with Crippen LogP contribution in [0.1, 0.15) is 24.8 Å². The number of rotatable bonds is 6. The van der Waals surface area contributed by atoms with E-state index in [9.17, 15) is 14.9 Å². The second-order valence-electron chi connectivity index (χ2n) is 5.54. The summed E-state index contributed by atoms with van der Waals surface area (Å²) in [5, 5.41) is 19.6. The molecule has 23 heavy (non-hydrogen) atoms. The van der Waals surface area contributed by atoms with Crippen LogP contribution in [-0.4, -0.2) is 45.5 Å². The van der Waals surface area contributed by atoms with Crippen LogP contribution in [0.25, 0.3) is 0 Å². The Morgan fingerprint density at radius 1 is 1.43 bits per heavy atom. The third-order valence-electron chi connectivity index (χ3n) is 3.83. The molecule has 0 unspecified atom stereocenters. The third-order valence-corrected chi connectivity index (χ3v) is 4.21. The topological polar surface area (TPSA) is 92.9 Å². The Morgan fingerprint density at radius 3 is 2.74 bits per heavy atom. The van der Waals surface area contributed by atoms with Gasteiger partial charge in [0.1, 0.15) is 6.61 Å². The molecule has 0 spiro atoms. The second-order valence-corrected chi connectivity index (χ2v) is 6.27. The molecule has 1 aromatic rings. The van der Waals surface area contributed by atoms with Gasteiger partial charge in [0.05, 0.1) is 4.92 Å². The van der Waals surface area contributed by atoms with E-state index in [0.717, 1.165) is 12.8 Å². The molecule has 2 rings (SSSR count). The minimum Gasteiger partial charge on any atom is -0.445 e. The number of hydrogen-bond acceptors (Lipinski definition) is 6. The first-order valence-electron chi connectivity index (χ1n) is 7.47. The fourth-order valence-corrected chi connectivity index (χ4v) is 3.08. The van der Waals surface area contributed by atoms with E-state index >= 15 is 0 Å². The number of aliphatic hydroxyl groups is 1. The molecule has 0 bridgehead atoms. The molecule has 1 aromatic carbocycles. The summed E-state index contributed by atoms with van der Waals surface area (Å²) in [6.07, 6.45) is 1.73. The first kappa shape index (κ1) is 17.6. The van der Waals surface area contributed by atoms with Crippen LogP contribution in [0.15, 0.2) is 24.3 Å². The summed E-state index contributed by atoms with van der Waals surface area (Å²) in [6, 6.07) is 5.94. The zero-order chi connectivity index (χ0) is 16.8. The lowest BCUT2D eigenvalue weighted by atomic mass is 10.1. The van der Waals surface area contributed by atoms with Crippen molar-refractivity contribution in [3.05, 3.63) is 39.9 Å². The summed E-state index contributed by atoms with van der Waals surface area (Å²) in [5.41, 5.74) is 0.694. The average molecular weight is 340 g/mol. The molecular weight excluding hydrogens is 320 g/mol. The first-order valence-corrected chi connectivity index (χ1v) is 7.98. The monoisotopic (exact) mass is 340 g/mol. The van der Waals surface area contributed by atoms with Gasteiger partial charge in [-0.15, -0.1) is 0 Å². The van der Waals surface area contributed by atoms with Crippen LogP contribution < -0.4 is 0 Å². The van der Waals surface area contributed by atoms with E-state index in [4.69, 9.17) is 9.84 Å². The van der Waals surface area contributed by atoms with Crippen LogP contribution in [0.3, 0.4) is 0 Å². The number of nitrogens with zero attached hydrogens (tertiary/aromatic N) is 2. The SMILES string of the molecule is O=C(OCc1ccc([N+](=O)[O-])cc1)N1C[C@@H](S)C[C@H]1CCCO. The number of nitro groups is 1. The minimum absolute atomic E-state index is 0.00148. The molecule has 8 heteroatoms. The van der Waals surface area contributed by atoms with E-state index in [1.54, 1.807) is 17.0 Å². The van der Waals surface area contributed by atoms with Gasteiger partial charge >= 0.3 is 6.09 Å². The predicted molar refractivity (Wildman–Crippen MR) is 87.5 cm³/mol. The molecule has 1 saturated heterocycles. The summed E-state index contributed by atoms with van der Waals surface area (Å²) in [6.45, 7) is 0.689. The lowest BCUT2D eigenvalue weighted by Gasteiger charge is -2.23. The standard InChI is InChI=1S/C15H20N2O5S/c18-7-1-2-13-8-14(23)9-16(13)15(19)22-10-11-3-5-12(6-4-11)17(20)21/h3-6,13-14,18,23H,1-2,7-10H2/t13-,14+/m1/s1. The highest BCUT2D eigenvalue weighted by Crippen LogP contribution is 2.26. The summed E-state index contributed by atoms with van der Waals surface area (Å²) in [4.78, 5) is 24.0. The van der Waals surface area contributed by atoms with Crippen molar-refractivity contribution >= 4 is 24.4 Å². The summed E-state index contributed by atoms with van der Waals surface area (Å²) < 4.78 is 5.29. The van der Waals surface area contributed by atoms with Crippen molar-refractivity contribution in [3.63, 3.8) is 0 Å². The van der Waals surface area contributed by atoms with Crippen molar-refractivity contribution < 1.29 is 19.6 Å². The van der Waals surface area contributed by atoms with Gasteiger partial charge in [-0.3, -0.25) is 10.1 Å². The second kappa shape index (κ2) is 8.16. The Morgan fingerprint density at radius 2 is 2.13 bits per heavy atom. The molecular formula is C15H20N2O5S. The zero-order valence-corrected chi connectivity index (χ0v) is 13.5. The van der Waals surface area contributed by atoms with Crippen LogP contribution in [-0.2, 0) is 11.3 Å². The quantitative estimate of drug-likeness (QED) is 0.471. The van der Waals surface area contributed by atoms with E-state index in [-0.39, 0.29) is 30.2 Å². The number of benzene rings is 1. The molecule has 1 N–H and O–H groups in total. The van der Waals surface area contributed by atoms with Crippen molar-refractivity contribution in [3.8, 4) is 0 Å². The average Bonchev–Trinajstić information content (AvgIpc) is 2.92. The summed E-state index contributed by atoms with van der Waals surface area (Å²) >= 11 is 4.42. The number of hydrogen-bond donors (Lipinski definition) is 2. The van der Waals surface area contributed by atoms with Gasteiger partial charge in [0.2, 0.25) is 0 Å². The van der Waals surface area contributed by atoms with E-state index in [0.29, 0.717) is 18.5 Å². The van der Waals surface area contributed by atoms with Crippen molar-refractivity contribution in [2.45, 2.75) is 37.2 Å². The Bertz CT molecular complexity index is 551. The Labute approximate surface area is 139 Å². The van der Waals surface area contributed by atoms with Crippen LogP contribution >= 0.6 is 12.6 Å². The highest BCUT2D eigenvalue weighted by molar-refractivity contribution is 7.81. The van der Waals surface area contributed by atoms with Crippen molar-refractivity contribution in [1.29, 1.82) is 0 Å². The van der Waals surface area contributed by atoms with Crippen LogP contribution in [0.5, 0.6) is 0 Å². The summed E-state index contributed by atoms with van der Waals surface area (Å²) in [7, 11) is 0. The molecule has 2 atom stereocenters. The van der Waals surface area contributed by atoms with Crippen molar-refractivity contribution in [1.82, 2.24) is 4.90 Å². The first-order chi connectivity index (χ1) is 11.0. The van der Waals surface area contributed by atoms with Gasteiger partial charge in [-0.25, -0.2) is 4.79 Å². The van der Waals surface area contributed by atoms with E-state index < -0.39 is 11.0 Å². The molecule has 1 fully saturated rings. The van der Waals surface area contributed by atoms with E-state index in [1.807, 2.05) is 0 Å². The van der Waals surface area contributed by atoms with Gasteiger partial charge in [0, 0.05) is 36.6 Å². The van der Waals surface area contributed by atoms with Crippen LogP contribution in [0.4, 0.5) is 10.5 Å². The maximum Gasteiger partial charge on any atom is 0.410 e. The Balaban J connectivity index is 1.89. The highest BCUT2D eigenvalue weighted by Gasteiger charge is 2.34. The molecule has 0 aromatic heterocycles. The van der Waals surface area contributed by atoms with E-state index in [1.165, 1.54) is 12.1 Å². The van der Waals surface area contributed by atoms with Crippen molar-refractivity contribution in [2.24, 2.45) is 0 Å². The molecule has 7 nitrogen and oxygen atoms in total. The third kappa shape index (κ3) is 4.84. The number of likely N-dealkylation sites (tertiary alicyclic amines) is 1. The number of carbonyl (C=O) groups excluding carboxylic acids is 1. The fraction of sp³-hybridized carbons (Fsp3) is 0.533. The minimum atomic E-state index is -0.474. The van der Waals surface area contributed by atoms with E-state index in [2.05, 4.69) is 12.6 Å². The lowest BCUT2D eigenvalue weighted by Crippen LogP contribution is -2.36. The smallest absolute Gasteiger partial charge is 0.410 e. The number of amides is 1. The number of thiol groups is 1. The number of ether oxygens (including phenoxy) is 1. The fourth-order valence-electron chi connectivity index (χ4n) is 2.66. The normalized spacial score (nSPS) is 20.5. The molecule has 126 valence electrons. The molecule has 1 amide bonds. The van der Waals surface area contributed by atoms with Crippen LogP contribution in [0.2, 0.25) is 0 Å². The van der Waals surface area contributed by atoms with Gasteiger partial charge in [-0.05, 0) is 37.0 Å². The Kier molecular flexibility index (Phi) is 6.23. The molecule has 1 aliphatic rings. The van der Waals surface area contributed by atoms with Crippen molar-refractivity contribution in [2.75, 3.05) is 13.2 Å². The van der Waals surface area contributed by atoms with Gasteiger partial charge in [-0.1, -0.05) is 0 Å². The molecule has 0 radical (unpaired) electrons.